The molecule has 0 bridgehead atoms. The smallest absolute Gasteiger partial charge is 0.261 e. The summed E-state index contributed by atoms with van der Waals surface area (Å²) in [5, 5.41) is 2.66. The molecule has 0 saturated heterocycles. The number of carbonyl (C=O) groups excluding carboxylic acids is 1. The van der Waals surface area contributed by atoms with Crippen molar-refractivity contribution in [3.63, 3.8) is 0 Å². The Bertz CT molecular complexity index is 977. The summed E-state index contributed by atoms with van der Waals surface area (Å²) in [6.07, 6.45) is 5.79. The number of aromatic nitrogens is 2. The number of rotatable bonds is 5. The van der Waals surface area contributed by atoms with E-state index in [1.807, 2.05) is 0 Å². The third-order valence-electron chi connectivity index (χ3n) is 3.23. The first-order valence-corrected chi connectivity index (χ1v) is 8.77. The second-order valence-corrected chi connectivity index (χ2v) is 6.76. The van der Waals surface area contributed by atoms with Gasteiger partial charge in [0.2, 0.25) is 0 Å². The van der Waals surface area contributed by atoms with E-state index in [-0.39, 0.29) is 16.1 Å². The molecule has 2 aromatic heterocycles. The summed E-state index contributed by atoms with van der Waals surface area (Å²) in [5.41, 5.74) is 0.947. The summed E-state index contributed by atoms with van der Waals surface area (Å²) < 4.78 is 27.1. The van der Waals surface area contributed by atoms with Crippen LogP contribution < -0.4 is 10.0 Å². The number of sulfonamides is 1. The molecule has 0 aliphatic carbocycles. The van der Waals surface area contributed by atoms with E-state index in [0.717, 1.165) is 0 Å². The number of nitrogens with zero attached hydrogens (tertiary/aromatic N) is 2. The molecular weight excluding hydrogens is 340 g/mol. The number of hydrogen-bond acceptors (Lipinski definition) is 5. The molecule has 7 nitrogen and oxygen atoms in total. The highest BCUT2D eigenvalue weighted by Crippen LogP contribution is 2.16. The number of nitrogens with one attached hydrogen (secondary N) is 2. The van der Waals surface area contributed by atoms with Gasteiger partial charge in [0.1, 0.15) is 0 Å². The molecule has 0 saturated carbocycles. The molecule has 1 aromatic carbocycles. The fourth-order valence-electron chi connectivity index (χ4n) is 2.07. The van der Waals surface area contributed by atoms with Crippen LogP contribution in [0.4, 0.5) is 11.4 Å². The molecule has 3 aromatic rings. The molecule has 0 atom stereocenters. The SMILES string of the molecule is O=C(Nc1cccnc1)c1cncc(NS(=O)(=O)c2ccccc2)c1. The molecule has 0 fully saturated rings. The molecule has 0 spiro atoms. The highest BCUT2D eigenvalue weighted by atomic mass is 32.2. The Morgan fingerprint density at radius 1 is 0.880 bits per heavy atom. The van der Waals surface area contributed by atoms with Crippen LogP contribution in [0.5, 0.6) is 0 Å². The second-order valence-electron chi connectivity index (χ2n) is 5.08. The molecule has 0 radical (unpaired) electrons. The molecule has 3 rings (SSSR count). The van der Waals surface area contributed by atoms with Crippen molar-refractivity contribution in [2.24, 2.45) is 0 Å². The van der Waals surface area contributed by atoms with Gasteiger partial charge >= 0.3 is 0 Å². The van der Waals surface area contributed by atoms with Gasteiger partial charge in [-0.3, -0.25) is 19.5 Å². The molecule has 0 aliphatic heterocycles. The Morgan fingerprint density at radius 2 is 1.64 bits per heavy atom. The van der Waals surface area contributed by atoms with Gasteiger partial charge in [0.25, 0.3) is 15.9 Å². The number of hydrogen-bond donors (Lipinski definition) is 2. The van der Waals surface area contributed by atoms with Crippen LogP contribution in [0.3, 0.4) is 0 Å². The lowest BCUT2D eigenvalue weighted by molar-refractivity contribution is 0.102. The number of benzene rings is 1. The van der Waals surface area contributed by atoms with E-state index in [9.17, 15) is 13.2 Å². The van der Waals surface area contributed by atoms with Crippen molar-refractivity contribution in [2.45, 2.75) is 4.90 Å². The van der Waals surface area contributed by atoms with E-state index in [1.165, 1.54) is 36.8 Å². The summed E-state index contributed by atoms with van der Waals surface area (Å²) in [5.74, 6) is -0.416. The van der Waals surface area contributed by atoms with Crippen molar-refractivity contribution >= 4 is 27.3 Å². The predicted octanol–water partition coefficient (Wildman–Crippen LogP) is 2.53. The minimum absolute atomic E-state index is 0.125. The number of carbonyl (C=O) groups is 1. The summed E-state index contributed by atoms with van der Waals surface area (Å²) in [7, 11) is -3.75. The van der Waals surface area contributed by atoms with Gasteiger partial charge < -0.3 is 5.32 Å². The zero-order chi connectivity index (χ0) is 17.7. The topological polar surface area (TPSA) is 101 Å². The van der Waals surface area contributed by atoms with Crippen LogP contribution in [0.2, 0.25) is 0 Å². The number of anilines is 2. The monoisotopic (exact) mass is 354 g/mol. The van der Waals surface area contributed by atoms with E-state index in [4.69, 9.17) is 0 Å². The van der Waals surface area contributed by atoms with Gasteiger partial charge in [-0.15, -0.1) is 0 Å². The zero-order valence-electron chi connectivity index (χ0n) is 13.0. The molecule has 25 heavy (non-hydrogen) atoms. The maximum Gasteiger partial charge on any atom is 0.261 e. The van der Waals surface area contributed by atoms with Crippen LogP contribution in [0.25, 0.3) is 0 Å². The lowest BCUT2D eigenvalue weighted by Crippen LogP contribution is -2.15. The van der Waals surface area contributed by atoms with E-state index >= 15 is 0 Å². The van der Waals surface area contributed by atoms with Crippen LogP contribution in [-0.2, 0) is 10.0 Å². The highest BCUT2D eigenvalue weighted by molar-refractivity contribution is 7.92. The van der Waals surface area contributed by atoms with E-state index in [0.29, 0.717) is 5.69 Å². The average Bonchev–Trinajstić information content (AvgIpc) is 2.63. The predicted molar refractivity (Wildman–Crippen MR) is 93.7 cm³/mol. The molecule has 2 heterocycles. The molecule has 0 unspecified atom stereocenters. The molecule has 1 amide bonds. The van der Waals surface area contributed by atoms with Crippen molar-refractivity contribution in [2.75, 3.05) is 10.0 Å². The largest absolute Gasteiger partial charge is 0.321 e. The molecule has 8 heteroatoms. The van der Waals surface area contributed by atoms with Crippen LogP contribution in [-0.4, -0.2) is 24.3 Å². The van der Waals surface area contributed by atoms with Gasteiger partial charge in [0.15, 0.2) is 0 Å². The van der Waals surface area contributed by atoms with Crippen LogP contribution in [0.1, 0.15) is 10.4 Å². The Labute approximate surface area is 144 Å². The normalized spacial score (nSPS) is 10.9. The van der Waals surface area contributed by atoms with Crippen LogP contribution >= 0.6 is 0 Å². The number of amides is 1. The Hall–Kier alpha value is -3.26. The van der Waals surface area contributed by atoms with Crippen molar-refractivity contribution in [1.29, 1.82) is 0 Å². The van der Waals surface area contributed by atoms with Gasteiger partial charge in [-0.1, -0.05) is 18.2 Å². The summed E-state index contributed by atoms with van der Waals surface area (Å²) in [6, 6.07) is 12.8. The van der Waals surface area contributed by atoms with Crippen LogP contribution in [0.15, 0.2) is 78.2 Å². The van der Waals surface area contributed by atoms with Gasteiger partial charge in [-0.25, -0.2) is 8.42 Å². The third kappa shape index (κ3) is 4.18. The summed E-state index contributed by atoms with van der Waals surface area (Å²) in [4.78, 5) is 20.2. The molecular formula is C17H14N4O3S. The minimum atomic E-state index is -3.75. The Kier molecular flexibility index (Phi) is 4.71. The quantitative estimate of drug-likeness (QED) is 0.733. The first-order valence-electron chi connectivity index (χ1n) is 7.29. The first-order chi connectivity index (χ1) is 12.0. The van der Waals surface area contributed by atoms with Gasteiger partial charge in [0, 0.05) is 12.4 Å². The highest BCUT2D eigenvalue weighted by Gasteiger charge is 2.15. The molecule has 2 N–H and O–H groups in total. The standard InChI is InChI=1S/C17H14N4O3S/c22-17(20-14-5-4-8-18-11-14)13-9-15(12-19-10-13)21-25(23,24)16-6-2-1-3-7-16/h1-12,21H,(H,20,22). The number of pyridine rings is 2. The lowest BCUT2D eigenvalue weighted by atomic mass is 10.2. The summed E-state index contributed by atoms with van der Waals surface area (Å²) in [6.45, 7) is 0. The van der Waals surface area contributed by atoms with Gasteiger partial charge in [0.05, 0.1) is 34.2 Å². The maximum atomic E-state index is 12.3. The first kappa shape index (κ1) is 16.6. The van der Waals surface area contributed by atoms with Crippen molar-refractivity contribution in [1.82, 2.24) is 9.97 Å². The Balaban J connectivity index is 1.79. The van der Waals surface area contributed by atoms with Crippen molar-refractivity contribution in [3.8, 4) is 0 Å². The Morgan fingerprint density at radius 3 is 2.36 bits per heavy atom. The zero-order valence-corrected chi connectivity index (χ0v) is 13.8. The molecule has 126 valence electrons. The summed E-state index contributed by atoms with van der Waals surface area (Å²) >= 11 is 0. The maximum absolute atomic E-state index is 12.3. The van der Waals surface area contributed by atoms with Gasteiger partial charge in [-0.05, 0) is 30.3 Å². The fraction of sp³-hybridized carbons (Fsp3) is 0. The van der Waals surface area contributed by atoms with E-state index < -0.39 is 15.9 Å². The van der Waals surface area contributed by atoms with Crippen molar-refractivity contribution < 1.29 is 13.2 Å². The van der Waals surface area contributed by atoms with Crippen molar-refractivity contribution in [3.05, 3.63) is 78.9 Å². The van der Waals surface area contributed by atoms with Crippen LogP contribution in [0, 0.1) is 0 Å². The minimum Gasteiger partial charge on any atom is -0.321 e. The van der Waals surface area contributed by atoms with E-state index in [2.05, 4.69) is 20.0 Å². The third-order valence-corrected chi connectivity index (χ3v) is 4.62. The lowest BCUT2D eigenvalue weighted by Gasteiger charge is -2.09. The second kappa shape index (κ2) is 7.10. The fourth-order valence-corrected chi connectivity index (χ4v) is 3.13. The molecule has 0 aliphatic rings. The van der Waals surface area contributed by atoms with Gasteiger partial charge in [-0.2, -0.15) is 0 Å². The average molecular weight is 354 g/mol. The van der Waals surface area contributed by atoms with E-state index in [1.54, 1.807) is 36.5 Å².